The summed E-state index contributed by atoms with van der Waals surface area (Å²) in [5.41, 5.74) is 2.18. The van der Waals surface area contributed by atoms with Crippen molar-refractivity contribution in [2.24, 2.45) is 5.41 Å². The van der Waals surface area contributed by atoms with Gasteiger partial charge in [-0.25, -0.2) is 0 Å². The van der Waals surface area contributed by atoms with Gasteiger partial charge in [0.25, 0.3) is 0 Å². The predicted octanol–water partition coefficient (Wildman–Crippen LogP) is 5.45. The molecule has 19 heavy (non-hydrogen) atoms. The molecule has 0 amide bonds. The average molecular weight is 342 g/mol. The maximum Gasteiger partial charge on any atom is 0.0704 e. The minimum absolute atomic E-state index is 0.602. The fourth-order valence-corrected chi connectivity index (χ4v) is 5.67. The van der Waals surface area contributed by atoms with E-state index >= 15 is 0 Å². The summed E-state index contributed by atoms with van der Waals surface area (Å²) in [7, 11) is 0. The summed E-state index contributed by atoms with van der Waals surface area (Å²) in [5.74, 6) is 0. The summed E-state index contributed by atoms with van der Waals surface area (Å²) in [6, 6.07) is 2.96. The number of hydrogen-bond donors (Lipinski definition) is 1. The Morgan fingerprint density at radius 1 is 1.37 bits per heavy atom. The van der Waals surface area contributed by atoms with Gasteiger partial charge in [0.1, 0.15) is 0 Å². The van der Waals surface area contributed by atoms with E-state index in [0.717, 1.165) is 0 Å². The lowest BCUT2D eigenvalue weighted by molar-refractivity contribution is 0.250. The second-order valence-electron chi connectivity index (χ2n) is 6.32. The molecule has 0 radical (unpaired) electrons. The lowest BCUT2D eigenvalue weighted by Crippen LogP contribution is -2.35. The van der Waals surface area contributed by atoms with E-state index in [1.54, 1.807) is 10.4 Å². The molecule has 1 heterocycles. The highest BCUT2D eigenvalue weighted by Gasteiger charge is 2.33. The van der Waals surface area contributed by atoms with Crippen LogP contribution in [0, 0.1) is 5.41 Å². The van der Waals surface area contributed by atoms with Gasteiger partial charge in [-0.3, -0.25) is 0 Å². The number of thiophene rings is 1. The second kappa shape index (κ2) is 5.87. The van der Waals surface area contributed by atoms with E-state index in [-0.39, 0.29) is 0 Å². The summed E-state index contributed by atoms with van der Waals surface area (Å²) in [6.07, 6.45) is 11.0. The van der Waals surface area contributed by atoms with Crippen molar-refractivity contribution in [2.45, 2.75) is 64.3 Å². The van der Waals surface area contributed by atoms with Gasteiger partial charge in [-0.2, -0.15) is 0 Å². The summed E-state index contributed by atoms with van der Waals surface area (Å²) in [6.45, 7) is 3.60. The van der Waals surface area contributed by atoms with Crippen molar-refractivity contribution >= 4 is 27.3 Å². The van der Waals surface area contributed by atoms with Gasteiger partial charge in [-0.05, 0) is 71.5 Å². The van der Waals surface area contributed by atoms with E-state index in [2.05, 4.69) is 34.2 Å². The van der Waals surface area contributed by atoms with Crippen LogP contribution in [0.1, 0.15) is 68.4 Å². The van der Waals surface area contributed by atoms with Crippen molar-refractivity contribution in [3.8, 4) is 0 Å². The fourth-order valence-electron chi connectivity index (χ4n) is 3.85. The van der Waals surface area contributed by atoms with Crippen LogP contribution in [-0.2, 0) is 6.42 Å². The molecular weight excluding hydrogens is 318 g/mol. The van der Waals surface area contributed by atoms with E-state index in [4.69, 9.17) is 0 Å². The Labute approximate surface area is 129 Å². The topological polar surface area (TPSA) is 12.0 Å². The number of fused-ring (bicyclic) bond motifs is 1. The van der Waals surface area contributed by atoms with E-state index in [1.165, 1.54) is 61.7 Å². The van der Waals surface area contributed by atoms with Crippen molar-refractivity contribution in [1.82, 2.24) is 5.32 Å². The third kappa shape index (κ3) is 2.93. The maximum absolute atomic E-state index is 3.91. The molecule has 1 fully saturated rings. The molecule has 1 N–H and O–H groups in total. The third-order valence-electron chi connectivity index (χ3n) is 5.22. The smallest absolute Gasteiger partial charge is 0.0704 e. The molecule has 0 spiro atoms. The van der Waals surface area contributed by atoms with Gasteiger partial charge >= 0.3 is 0 Å². The van der Waals surface area contributed by atoms with Crippen molar-refractivity contribution in [2.75, 3.05) is 6.54 Å². The first-order valence-electron chi connectivity index (χ1n) is 7.74. The first-order valence-corrected chi connectivity index (χ1v) is 9.35. The molecule has 3 rings (SSSR count). The quantitative estimate of drug-likeness (QED) is 0.767. The summed E-state index contributed by atoms with van der Waals surface area (Å²) in [4.78, 5) is 1.60. The Hall–Kier alpha value is 0.140. The van der Waals surface area contributed by atoms with E-state index in [9.17, 15) is 0 Å². The van der Waals surface area contributed by atoms with Crippen molar-refractivity contribution in [1.29, 1.82) is 0 Å². The summed E-state index contributed by atoms with van der Waals surface area (Å²) in [5, 5.41) is 3.91. The van der Waals surface area contributed by atoms with Gasteiger partial charge in [0.15, 0.2) is 0 Å². The van der Waals surface area contributed by atoms with Crippen LogP contribution in [0.15, 0.2) is 9.85 Å². The molecule has 1 aromatic heterocycles. The van der Waals surface area contributed by atoms with Crippen LogP contribution >= 0.6 is 27.3 Å². The second-order valence-corrected chi connectivity index (χ2v) is 8.83. The standard InChI is InChI=1S/C16H24BrNS/c1-2-16(8-3-4-9-16)11-18-13-6-5-7-14-12(13)10-15(17)19-14/h10,13,18H,2-9,11H2,1H3. The van der Waals surface area contributed by atoms with Gasteiger partial charge in [-0.15, -0.1) is 11.3 Å². The van der Waals surface area contributed by atoms with Crippen LogP contribution in [0.5, 0.6) is 0 Å². The zero-order valence-electron chi connectivity index (χ0n) is 11.8. The molecule has 106 valence electrons. The molecule has 1 saturated carbocycles. The largest absolute Gasteiger partial charge is 0.309 e. The van der Waals surface area contributed by atoms with Gasteiger partial charge in [0.2, 0.25) is 0 Å². The maximum atomic E-state index is 3.91. The fraction of sp³-hybridized carbons (Fsp3) is 0.750. The van der Waals surface area contributed by atoms with Crippen LogP contribution in [0.2, 0.25) is 0 Å². The molecule has 1 aromatic rings. The van der Waals surface area contributed by atoms with E-state index in [1.807, 2.05) is 11.3 Å². The van der Waals surface area contributed by atoms with Crippen molar-refractivity contribution < 1.29 is 0 Å². The number of rotatable bonds is 4. The molecule has 2 aliphatic carbocycles. The molecule has 3 heteroatoms. The minimum atomic E-state index is 0.602. The highest BCUT2D eigenvalue weighted by Crippen LogP contribution is 2.42. The summed E-state index contributed by atoms with van der Waals surface area (Å²) < 4.78 is 1.30. The van der Waals surface area contributed by atoms with E-state index in [0.29, 0.717) is 11.5 Å². The third-order valence-corrected chi connectivity index (χ3v) is 6.93. The summed E-state index contributed by atoms with van der Waals surface area (Å²) >= 11 is 5.59. The molecule has 0 bridgehead atoms. The molecule has 1 nitrogen and oxygen atoms in total. The Morgan fingerprint density at radius 3 is 2.89 bits per heavy atom. The molecule has 2 aliphatic rings. The van der Waals surface area contributed by atoms with Crippen LogP contribution in [0.3, 0.4) is 0 Å². The molecule has 1 atom stereocenters. The normalized spacial score (nSPS) is 25.5. The lowest BCUT2D eigenvalue weighted by atomic mass is 9.82. The van der Waals surface area contributed by atoms with Gasteiger partial charge in [0.05, 0.1) is 3.79 Å². The zero-order valence-corrected chi connectivity index (χ0v) is 14.2. The number of aryl methyl sites for hydroxylation is 1. The minimum Gasteiger partial charge on any atom is -0.309 e. The van der Waals surface area contributed by atoms with Crippen molar-refractivity contribution in [3.63, 3.8) is 0 Å². The zero-order chi connectivity index (χ0) is 13.3. The van der Waals surface area contributed by atoms with Gasteiger partial charge < -0.3 is 5.32 Å². The Bertz CT molecular complexity index is 434. The molecule has 0 saturated heterocycles. The van der Waals surface area contributed by atoms with Gasteiger partial charge in [-0.1, -0.05) is 19.8 Å². The van der Waals surface area contributed by atoms with Crippen LogP contribution in [-0.4, -0.2) is 6.54 Å². The van der Waals surface area contributed by atoms with Gasteiger partial charge in [0, 0.05) is 17.5 Å². The van der Waals surface area contributed by atoms with Crippen LogP contribution < -0.4 is 5.32 Å². The SMILES string of the molecule is CCC1(CNC2CCCc3sc(Br)cc32)CCCC1. The highest BCUT2D eigenvalue weighted by atomic mass is 79.9. The Morgan fingerprint density at radius 2 is 2.16 bits per heavy atom. The number of halogens is 1. The Balaban J connectivity index is 1.67. The molecular formula is C16H24BrNS. The lowest BCUT2D eigenvalue weighted by Gasteiger charge is -2.32. The van der Waals surface area contributed by atoms with Crippen LogP contribution in [0.4, 0.5) is 0 Å². The van der Waals surface area contributed by atoms with Crippen LogP contribution in [0.25, 0.3) is 0 Å². The Kier molecular flexibility index (Phi) is 4.35. The predicted molar refractivity (Wildman–Crippen MR) is 86.9 cm³/mol. The first-order chi connectivity index (χ1) is 9.22. The molecule has 0 aliphatic heterocycles. The number of nitrogens with one attached hydrogen (secondary N) is 1. The first kappa shape index (κ1) is 14.1. The number of hydrogen-bond acceptors (Lipinski definition) is 2. The average Bonchev–Trinajstić information content (AvgIpc) is 3.02. The highest BCUT2D eigenvalue weighted by molar-refractivity contribution is 9.11. The monoisotopic (exact) mass is 341 g/mol. The molecule has 0 aromatic carbocycles. The van der Waals surface area contributed by atoms with E-state index < -0.39 is 0 Å². The van der Waals surface area contributed by atoms with Crippen molar-refractivity contribution in [3.05, 3.63) is 20.3 Å². The molecule has 1 unspecified atom stereocenters.